The van der Waals surface area contributed by atoms with Crippen LogP contribution in [-0.4, -0.2) is 18.2 Å². The molecule has 0 aromatic carbocycles. The Morgan fingerprint density at radius 1 is 1.64 bits per heavy atom. The number of rotatable bonds is 2. The first-order valence-corrected chi connectivity index (χ1v) is 3.74. The highest BCUT2D eigenvalue weighted by Crippen LogP contribution is 2.02. The second kappa shape index (κ2) is 3.86. The standard InChI is InChI=1S/C9H12N2/c1-3-8-5-4-6-11-9(8)7-10-2/h4-7H,3H2,1-2H3. The molecule has 11 heavy (non-hydrogen) atoms. The third-order valence-corrected chi connectivity index (χ3v) is 1.56. The predicted molar refractivity (Wildman–Crippen MR) is 47.1 cm³/mol. The van der Waals surface area contributed by atoms with E-state index in [1.165, 1.54) is 5.56 Å². The fourth-order valence-electron chi connectivity index (χ4n) is 0.988. The van der Waals surface area contributed by atoms with Crippen molar-refractivity contribution in [2.24, 2.45) is 4.99 Å². The Hall–Kier alpha value is -1.18. The van der Waals surface area contributed by atoms with Crippen LogP contribution in [0.2, 0.25) is 0 Å². The number of hydrogen-bond acceptors (Lipinski definition) is 2. The van der Waals surface area contributed by atoms with E-state index >= 15 is 0 Å². The van der Waals surface area contributed by atoms with Crippen LogP contribution in [0, 0.1) is 0 Å². The van der Waals surface area contributed by atoms with E-state index in [9.17, 15) is 0 Å². The first kappa shape index (κ1) is 7.92. The summed E-state index contributed by atoms with van der Waals surface area (Å²) in [4.78, 5) is 8.12. The first-order valence-electron chi connectivity index (χ1n) is 3.74. The molecule has 0 amide bonds. The van der Waals surface area contributed by atoms with Gasteiger partial charge in [-0.3, -0.25) is 9.98 Å². The second-order valence-corrected chi connectivity index (χ2v) is 2.29. The Morgan fingerprint density at radius 2 is 2.45 bits per heavy atom. The van der Waals surface area contributed by atoms with Crippen molar-refractivity contribution in [1.29, 1.82) is 0 Å². The largest absolute Gasteiger partial charge is 0.294 e. The predicted octanol–water partition coefficient (Wildman–Crippen LogP) is 1.69. The maximum absolute atomic E-state index is 4.19. The fraction of sp³-hybridized carbons (Fsp3) is 0.333. The molecule has 2 heteroatoms. The number of hydrogen-bond donors (Lipinski definition) is 0. The van der Waals surface area contributed by atoms with E-state index in [0.717, 1.165) is 12.1 Å². The molecule has 0 fully saturated rings. The van der Waals surface area contributed by atoms with Crippen LogP contribution in [-0.2, 0) is 6.42 Å². The molecule has 0 saturated carbocycles. The fourth-order valence-corrected chi connectivity index (χ4v) is 0.988. The van der Waals surface area contributed by atoms with Crippen LogP contribution in [0.5, 0.6) is 0 Å². The summed E-state index contributed by atoms with van der Waals surface area (Å²) in [5.74, 6) is 0. The zero-order chi connectivity index (χ0) is 8.10. The quantitative estimate of drug-likeness (QED) is 0.586. The molecule has 0 atom stereocenters. The summed E-state index contributed by atoms with van der Waals surface area (Å²) in [6.07, 6.45) is 4.59. The molecule has 0 radical (unpaired) electrons. The number of aliphatic imine (C=N–C) groups is 1. The monoisotopic (exact) mass is 148 g/mol. The molecular weight excluding hydrogens is 136 g/mol. The van der Waals surface area contributed by atoms with Gasteiger partial charge >= 0.3 is 0 Å². The lowest BCUT2D eigenvalue weighted by molar-refractivity contribution is 1.09. The first-order chi connectivity index (χ1) is 5.38. The Bertz CT molecular complexity index is 253. The van der Waals surface area contributed by atoms with Crippen LogP contribution < -0.4 is 0 Å². The van der Waals surface area contributed by atoms with E-state index in [4.69, 9.17) is 0 Å². The van der Waals surface area contributed by atoms with E-state index in [1.807, 2.05) is 6.07 Å². The van der Waals surface area contributed by atoms with Crippen molar-refractivity contribution in [2.45, 2.75) is 13.3 Å². The van der Waals surface area contributed by atoms with E-state index in [0.29, 0.717) is 0 Å². The van der Waals surface area contributed by atoms with Gasteiger partial charge in [-0.2, -0.15) is 0 Å². The maximum Gasteiger partial charge on any atom is 0.0839 e. The Labute approximate surface area is 67.0 Å². The zero-order valence-corrected chi connectivity index (χ0v) is 6.91. The van der Waals surface area contributed by atoms with Gasteiger partial charge < -0.3 is 0 Å². The van der Waals surface area contributed by atoms with Crippen molar-refractivity contribution in [3.05, 3.63) is 29.6 Å². The van der Waals surface area contributed by atoms with Crippen molar-refractivity contribution < 1.29 is 0 Å². The van der Waals surface area contributed by atoms with E-state index < -0.39 is 0 Å². The second-order valence-electron chi connectivity index (χ2n) is 2.29. The Balaban J connectivity index is 3.02. The summed E-state index contributed by atoms with van der Waals surface area (Å²) in [6, 6.07) is 4.02. The molecule has 1 heterocycles. The molecule has 0 aliphatic carbocycles. The molecule has 1 rings (SSSR count). The van der Waals surface area contributed by atoms with Crippen molar-refractivity contribution >= 4 is 6.21 Å². The van der Waals surface area contributed by atoms with Crippen LogP contribution in [0.4, 0.5) is 0 Å². The molecule has 0 aliphatic rings. The van der Waals surface area contributed by atoms with Crippen molar-refractivity contribution in [3.63, 3.8) is 0 Å². The summed E-state index contributed by atoms with van der Waals surface area (Å²) < 4.78 is 0. The van der Waals surface area contributed by atoms with Gasteiger partial charge in [0.2, 0.25) is 0 Å². The van der Waals surface area contributed by atoms with E-state index in [1.54, 1.807) is 19.5 Å². The summed E-state index contributed by atoms with van der Waals surface area (Å²) in [5, 5.41) is 0. The third kappa shape index (κ3) is 1.87. The van der Waals surface area contributed by atoms with Gasteiger partial charge in [0.1, 0.15) is 0 Å². The molecule has 0 bridgehead atoms. The molecule has 0 spiro atoms. The SMILES string of the molecule is CCc1cccnc1C=NC. The minimum Gasteiger partial charge on any atom is -0.294 e. The zero-order valence-electron chi connectivity index (χ0n) is 6.91. The minimum atomic E-state index is 0.984. The summed E-state index contributed by atoms with van der Waals surface area (Å²) >= 11 is 0. The molecule has 1 aromatic rings. The molecule has 0 unspecified atom stereocenters. The Kier molecular flexibility index (Phi) is 2.78. The van der Waals surface area contributed by atoms with Crippen molar-refractivity contribution in [3.8, 4) is 0 Å². The summed E-state index contributed by atoms with van der Waals surface area (Å²) in [7, 11) is 1.76. The van der Waals surface area contributed by atoms with Gasteiger partial charge in [-0.25, -0.2) is 0 Å². The third-order valence-electron chi connectivity index (χ3n) is 1.56. The number of nitrogens with zero attached hydrogens (tertiary/aromatic N) is 2. The highest BCUT2D eigenvalue weighted by Gasteiger charge is 1.95. The summed E-state index contributed by atoms with van der Waals surface area (Å²) in [6.45, 7) is 2.12. The molecule has 0 saturated heterocycles. The maximum atomic E-state index is 4.19. The molecule has 2 nitrogen and oxygen atoms in total. The van der Waals surface area contributed by atoms with Crippen LogP contribution in [0.3, 0.4) is 0 Å². The van der Waals surface area contributed by atoms with Gasteiger partial charge in [0, 0.05) is 19.5 Å². The van der Waals surface area contributed by atoms with Crippen molar-refractivity contribution in [2.75, 3.05) is 7.05 Å². The lowest BCUT2D eigenvalue weighted by atomic mass is 10.1. The molecular formula is C9H12N2. The molecule has 0 N–H and O–H groups in total. The molecule has 1 aromatic heterocycles. The number of pyridine rings is 1. The Morgan fingerprint density at radius 3 is 3.09 bits per heavy atom. The molecule has 58 valence electrons. The van der Waals surface area contributed by atoms with Crippen LogP contribution >= 0.6 is 0 Å². The van der Waals surface area contributed by atoms with Gasteiger partial charge in [-0.05, 0) is 18.1 Å². The number of aryl methyl sites for hydroxylation is 1. The van der Waals surface area contributed by atoms with Crippen molar-refractivity contribution in [1.82, 2.24) is 4.98 Å². The van der Waals surface area contributed by atoms with Crippen LogP contribution in [0.1, 0.15) is 18.2 Å². The smallest absolute Gasteiger partial charge is 0.0839 e. The number of aromatic nitrogens is 1. The van der Waals surface area contributed by atoms with Crippen LogP contribution in [0.25, 0.3) is 0 Å². The van der Waals surface area contributed by atoms with E-state index in [2.05, 4.69) is 23.0 Å². The van der Waals surface area contributed by atoms with Gasteiger partial charge in [0.05, 0.1) is 5.69 Å². The minimum absolute atomic E-state index is 0.984. The van der Waals surface area contributed by atoms with Gasteiger partial charge in [-0.15, -0.1) is 0 Å². The average Bonchev–Trinajstić information content (AvgIpc) is 2.06. The highest BCUT2D eigenvalue weighted by atomic mass is 14.7. The highest BCUT2D eigenvalue weighted by molar-refractivity contribution is 5.78. The lowest BCUT2D eigenvalue weighted by Gasteiger charge is -1.98. The average molecular weight is 148 g/mol. The van der Waals surface area contributed by atoms with Gasteiger partial charge in [0.15, 0.2) is 0 Å². The van der Waals surface area contributed by atoms with E-state index in [-0.39, 0.29) is 0 Å². The van der Waals surface area contributed by atoms with Gasteiger partial charge in [-0.1, -0.05) is 13.0 Å². The summed E-state index contributed by atoms with van der Waals surface area (Å²) in [5.41, 5.74) is 2.23. The topological polar surface area (TPSA) is 25.2 Å². The molecule has 0 aliphatic heterocycles. The lowest BCUT2D eigenvalue weighted by Crippen LogP contribution is -1.93. The van der Waals surface area contributed by atoms with Gasteiger partial charge in [0.25, 0.3) is 0 Å². The van der Waals surface area contributed by atoms with Crippen LogP contribution in [0.15, 0.2) is 23.3 Å². The normalized spacial score (nSPS) is 10.7.